The molecule has 1 amide bonds. The van der Waals surface area contributed by atoms with Crippen LogP contribution >= 0.6 is 0 Å². The van der Waals surface area contributed by atoms with E-state index in [1.807, 2.05) is 0 Å². The SMILES string of the molecule is CC(C(=O)N1CCCC(CO)C1)c1c(F)cccc1F. The van der Waals surface area contributed by atoms with Gasteiger partial charge in [-0.05, 0) is 37.8 Å². The highest BCUT2D eigenvalue weighted by molar-refractivity contribution is 5.83. The highest BCUT2D eigenvalue weighted by atomic mass is 19.1. The zero-order valence-corrected chi connectivity index (χ0v) is 11.5. The molecule has 1 N–H and O–H groups in total. The maximum Gasteiger partial charge on any atom is 0.230 e. The van der Waals surface area contributed by atoms with Crippen molar-refractivity contribution in [3.63, 3.8) is 0 Å². The number of amides is 1. The molecule has 1 aromatic carbocycles. The Bertz CT molecular complexity index is 473. The van der Waals surface area contributed by atoms with Crippen LogP contribution in [0.1, 0.15) is 31.2 Å². The van der Waals surface area contributed by atoms with Crippen LogP contribution in [0, 0.1) is 17.6 Å². The molecule has 3 nitrogen and oxygen atoms in total. The van der Waals surface area contributed by atoms with Crippen LogP contribution in [-0.4, -0.2) is 35.6 Å². The minimum atomic E-state index is -0.853. The number of halogens is 2. The van der Waals surface area contributed by atoms with Crippen LogP contribution in [-0.2, 0) is 4.79 Å². The van der Waals surface area contributed by atoms with Crippen molar-refractivity contribution in [3.8, 4) is 0 Å². The summed E-state index contributed by atoms with van der Waals surface area (Å²) in [5.74, 6) is -2.46. The monoisotopic (exact) mass is 283 g/mol. The maximum atomic E-state index is 13.7. The summed E-state index contributed by atoms with van der Waals surface area (Å²) >= 11 is 0. The van der Waals surface area contributed by atoms with Gasteiger partial charge in [-0.15, -0.1) is 0 Å². The number of aliphatic hydroxyl groups is 1. The Morgan fingerprint density at radius 1 is 1.45 bits per heavy atom. The Hall–Kier alpha value is -1.49. The Balaban J connectivity index is 2.16. The number of carbonyl (C=O) groups is 1. The van der Waals surface area contributed by atoms with E-state index in [2.05, 4.69) is 0 Å². The summed E-state index contributed by atoms with van der Waals surface area (Å²) in [4.78, 5) is 14.0. The van der Waals surface area contributed by atoms with Crippen LogP contribution in [0.25, 0.3) is 0 Å². The Kier molecular flexibility index (Phi) is 4.70. The number of piperidine rings is 1. The van der Waals surface area contributed by atoms with Gasteiger partial charge in [0.05, 0.1) is 5.92 Å². The van der Waals surface area contributed by atoms with Gasteiger partial charge in [0.25, 0.3) is 0 Å². The fraction of sp³-hybridized carbons (Fsp3) is 0.533. The molecule has 0 spiro atoms. The summed E-state index contributed by atoms with van der Waals surface area (Å²) in [5, 5.41) is 9.18. The second-order valence-corrected chi connectivity index (χ2v) is 5.33. The summed E-state index contributed by atoms with van der Waals surface area (Å²) in [7, 11) is 0. The molecule has 0 bridgehead atoms. The van der Waals surface area contributed by atoms with Crippen LogP contribution < -0.4 is 0 Å². The first kappa shape index (κ1) is 14.9. The molecule has 5 heteroatoms. The molecule has 0 saturated carbocycles. The summed E-state index contributed by atoms with van der Waals surface area (Å²) in [6.45, 7) is 2.59. The molecule has 1 saturated heterocycles. The smallest absolute Gasteiger partial charge is 0.230 e. The summed E-state index contributed by atoms with van der Waals surface area (Å²) in [5.41, 5.74) is -0.177. The molecule has 0 aromatic heterocycles. The number of nitrogens with zero attached hydrogens (tertiary/aromatic N) is 1. The third-order valence-corrected chi connectivity index (χ3v) is 3.89. The lowest BCUT2D eigenvalue weighted by atomic mass is 9.94. The predicted octanol–water partition coefficient (Wildman–Crippen LogP) is 2.30. The first-order valence-electron chi connectivity index (χ1n) is 6.88. The van der Waals surface area contributed by atoms with Crippen molar-refractivity contribution in [2.45, 2.75) is 25.7 Å². The van der Waals surface area contributed by atoms with E-state index in [1.54, 1.807) is 4.90 Å². The molecular formula is C15H19F2NO2. The molecule has 110 valence electrons. The van der Waals surface area contributed by atoms with Gasteiger partial charge in [0.15, 0.2) is 0 Å². The van der Waals surface area contributed by atoms with Gasteiger partial charge in [-0.1, -0.05) is 6.07 Å². The highest BCUT2D eigenvalue weighted by Gasteiger charge is 2.29. The predicted molar refractivity (Wildman–Crippen MR) is 71.2 cm³/mol. The third-order valence-electron chi connectivity index (χ3n) is 3.89. The lowest BCUT2D eigenvalue weighted by molar-refractivity contribution is -0.134. The average molecular weight is 283 g/mol. The van der Waals surface area contributed by atoms with Crippen LogP contribution in [0.2, 0.25) is 0 Å². The molecule has 1 aliphatic rings. The minimum absolute atomic E-state index is 0.0339. The number of hydrogen-bond donors (Lipinski definition) is 1. The quantitative estimate of drug-likeness (QED) is 0.924. The molecule has 20 heavy (non-hydrogen) atoms. The third kappa shape index (κ3) is 2.98. The van der Waals surface area contributed by atoms with Gasteiger partial charge in [0, 0.05) is 25.3 Å². The van der Waals surface area contributed by atoms with E-state index in [1.165, 1.54) is 13.0 Å². The lowest BCUT2D eigenvalue weighted by Crippen LogP contribution is -2.43. The first-order valence-corrected chi connectivity index (χ1v) is 6.88. The Morgan fingerprint density at radius 3 is 2.70 bits per heavy atom. The van der Waals surface area contributed by atoms with Gasteiger partial charge < -0.3 is 10.0 Å². The Morgan fingerprint density at radius 2 is 2.10 bits per heavy atom. The first-order chi connectivity index (χ1) is 9.54. The van der Waals surface area contributed by atoms with Crippen LogP contribution in [0.15, 0.2) is 18.2 Å². The van der Waals surface area contributed by atoms with E-state index in [0.717, 1.165) is 25.0 Å². The highest BCUT2D eigenvalue weighted by Crippen LogP contribution is 2.26. The van der Waals surface area contributed by atoms with E-state index >= 15 is 0 Å². The minimum Gasteiger partial charge on any atom is -0.396 e. The van der Waals surface area contributed by atoms with E-state index in [4.69, 9.17) is 0 Å². The van der Waals surface area contributed by atoms with Crippen molar-refractivity contribution >= 4 is 5.91 Å². The van der Waals surface area contributed by atoms with E-state index in [-0.39, 0.29) is 24.0 Å². The molecule has 1 aromatic rings. The topological polar surface area (TPSA) is 40.5 Å². The molecule has 2 unspecified atom stereocenters. The number of hydrogen-bond acceptors (Lipinski definition) is 2. The van der Waals surface area contributed by atoms with E-state index in [9.17, 15) is 18.7 Å². The lowest BCUT2D eigenvalue weighted by Gasteiger charge is -2.33. The van der Waals surface area contributed by atoms with Gasteiger partial charge in [-0.25, -0.2) is 8.78 Å². The zero-order valence-electron chi connectivity index (χ0n) is 11.5. The molecule has 0 radical (unpaired) electrons. The molecule has 2 atom stereocenters. The summed E-state index contributed by atoms with van der Waals surface area (Å²) < 4.78 is 27.4. The number of likely N-dealkylation sites (tertiary alicyclic amines) is 1. The second kappa shape index (κ2) is 6.31. The number of benzene rings is 1. The van der Waals surface area contributed by atoms with E-state index < -0.39 is 17.6 Å². The van der Waals surface area contributed by atoms with Crippen LogP contribution in [0.3, 0.4) is 0 Å². The van der Waals surface area contributed by atoms with Crippen LogP contribution in [0.4, 0.5) is 8.78 Å². The summed E-state index contributed by atoms with van der Waals surface area (Å²) in [6.07, 6.45) is 1.69. The van der Waals surface area contributed by atoms with Crippen molar-refractivity contribution in [2.24, 2.45) is 5.92 Å². The average Bonchev–Trinajstić information content (AvgIpc) is 2.46. The fourth-order valence-corrected chi connectivity index (χ4v) is 2.74. The molecule has 1 heterocycles. The van der Waals surface area contributed by atoms with Gasteiger partial charge in [-0.3, -0.25) is 4.79 Å². The van der Waals surface area contributed by atoms with E-state index in [0.29, 0.717) is 13.1 Å². The summed E-state index contributed by atoms with van der Waals surface area (Å²) in [6, 6.07) is 3.61. The molecule has 2 rings (SSSR count). The number of rotatable bonds is 3. The number of carbonyl (C=O) groups excluding carboxylic acids is 1. The van der Waals surface area contributed by atoms with Gasteiger partial charge in [0.1, 0.15) is 11.6 Å². The van der Waals surface area contributed by atoms with Gasteiger partial charge in [-0.2, -0.15) is 0 Å². The Labute approximate surface area is 117 Å². The van der Waals surface area contributed by atoms with Crippen molar-refractivity contribution < 1.29 is 18.7 Å². The second-order valence-electron chi connectivity index (χ2n) is 5.33. The van der Waals surface area contributed by atoms with Gasteiger partial charge >= 0.3 is 0 Å². The largest absolute Gasteiger partial charge is 0.396 e. The molecule has 0 aliphatic carbocycles. The van der Waals surface area contributed by atoms with Crippen LogP contribution in [0.5, 0.6) is 0 Å². The molecule has 1 fully saturated rings. The number of aliphatic hydroxyl groups excluding tert-OH is 1. The van der Waals surface area contributed by atoms with Crippen molar-refractivity contribution in [3.05, 3.63) is 35.4 Å². The normalized spacial score (nSPS) is 20.8. The van der Waals surface area contributed by atoms with Crippen molar-refractivity contribution in [1.82, 2.24) is 4.90 Å². The van der Waals surface area contributed by atoms with Crippen molar-refractivity contribution in [1.29, 1.82) is 0 Å². The maximum absolute atomic E-state index is 13.7. The standard InChI is InChI=1S/C15H19F2NO2/c1-10(14-12(16)5-2-6-13(14)17)15(20)18-7-3-4-11(8-18)9-19/h2,5-6,10-11,19H,3-4,7-9H2,1H3. The fourth-order valence-electron chi connectivity index (χ4n) is 2.74. The molecular weight excluding hydrogens is 264 g/mol. The van der Waals surface area contributed by atoms with Crippen molar-refractivity contribution in [2.75, 3.05) is 19.7 Å². The zero-order chi connectivity index (χ0) is 14.7. The molecule has 1 aliphatic heterocycles. The van der Waals surface area contributed by atoms with Gasteiger partial charge in [0.2, 0.25) is 5.91 Å².